The molecule has 0 atom stereocenters. The van der Waals surface area contributed by atoms with Gasteiger partial charge in [-0.05, 0) is 42.3 Å². The Morgan fingerprint density at radius 2 is 1.63 bits per heavy atom. The Morgan fingerprint density at radius 3 is 2.34 bits per heavy atom. The summed E-state index contributed by atoms with van der Waals surface area (Å²) in [6.45, 7) is 6.85. The van der Waals surface area contributed by atoms with E-state index in [1.807, 2.05) is 54.6 Å². The van der Waals surface area contributed by atoms with Gasteiger partial charge in [-0.15, -0.1) is 0 Å². The summed E-state index contributed by atoms with van der Waals surface area (Å²) in [5.41, 5.74) is 4.95. The summed E-state index contributed by atoms with van der Waals surface area (Å²) in [5, 5.41) is 4.52. The highest BCUT2D eigenvalue weighted by atomic mass is 16.5. The molecule has 0 N–H and O–H groups in total. The van der Waals surface area contributed by atoms with Crippen LogP contribution in [0.1, 0.15) is 16.7 Å². The molecule has 0 amide bonds. The van der Waals surface area contributed by atoms with E-state index in [2.05, 4.69) is 46.1 Å². The molecule has 0 saturated carbocycles. The van der Waals surface area contributed by atoms with Crippen molar-refractivity contribution in [3.63, 3.8) is 0 Å². The first kappa shape index (κ1) is 25.5. The van der Waals surface area contributed by atoms with Gasteiger partial charge in [-0.1, -0.05) is 60.2 Å². The summed E-state index contributed by atoms with van der Waals surface area (Å²) in [5.74, 6) is 1.17. The zero-order chi connectivity index (χ0) is 26.3. The van der Waals surface area contributed by atoms with E-state index in [1.54, 1.807) is 13.3 Å². The lowest BCUT2D eigenvalue weighted by atomic mass is 10.1. The first-order valence-electron chi connectivity index (χ1n) is 13.1. The van der Waals surface area contributed by atoms with Gasteiger partial charge in [-0.3, -0.25) is 9.69 Å². The van der Waals surface area contributed by atoms with E-state index in [-0.39, 0.29) is 5.56 Å². The summed E-state index contributed by atoms with van der Waals surface area (Å²) < 4.78 is 12.9. The average Bonchev–Trinajstić information content (AvgIpc) is 2.95. The predicted molar refractivity (Wildman–Crippen MR) is 151 cm³/mol. The van der Waals surface area contributed by atoms with Crippen molar-refractivity contribution in [2.75, 3.05) is 44.8 Å². The Labute approximate surface area is 223 Å². The Kier molecular flexibility index (Phi) is 8.04. The minimum Gasteiger partial charge on any atom is -0.497 e. The monoisotopic (exact) mass is 510 g/mol. The highest BCUT2D eigenvalue weighted by molar-refractivity contribution is 5.57. The molecular weight excluding hydrogens is 476 g/mol. The lowest BCUT2D eigenvalue weighted by Gasteiger charge is -2.36. The maximum absolute atomic E-state index is 13.6. The van der Waals surface area contributed by atoms with E-state index in [0.29, 0.717) is 24.5 Å². The molecule has 1 aliphatic rings. The van der Waals surface area contributed by atoms with E-state index < -0.39 is 0 Å². The Balaban J connectivity index is 1.33. The SMILES string of the molecule is COc1ccc(CCOc2c(N3CCN(Cc4cccc(C)c4)CC3)cnn(-c3ccccc3)c2=O)cc1. The number of nitrogens with zero attached hydrogens (tertiary/aromatic N) is 4. The molecule has 1 fully saturated rings. The first-order valence-corrected chi connectivity index (χ1v) is 13.1. The van der Waals surface area contributed by atoms with Crippen molar-refractivity contribution in [3.05, 3.63) is 112 Å². The number of benzene rings is 3. The second-order valence-electron chi connectivity index (χ2n) is 9.61. The molecular formula is C31H34N4O3. The molecule has 1 aliphatic heterocycles. The minimum absolute atomic E-state index is 0.245. The molecule has 38 heavy (non-hydrogen) atoms. The molecule has 1 aromatic heterocycles. The van der Waals surface area contributed by atoms with E-state index in [0.717, 1.165) is 49.7 Å². The zero-order valence-corrected chi connectivity index (χ0v) is 22.0. The van der Waals surface area contributed by atoms with Crippen molar-refractivity contribution < 1.29 is 9.47 Å². The van der Waals surface area contributed by atoms with Crippen molar-refractivity contribution in [3.8, 4) is 17.2 Å². The molecule has 1 saturated heterocycles. The number of aryl methyl sites for hydroxylation is 1. The Hall–Kier alpha value is -4.10. The summed E-state index contributed by atoms with van der Waals surface area (Å²) in [7, 11) is 1.66. The third-order valence-corrected chi connectivity index (χ3v) is 6.91. The smallest absolute Gasteiger partial charge is 0.316 e. The quantitative estimate of drug-likeness (QED) is 0.331. The average molecular weight is 511 g/mol. The lowest BCUT2D eigenvalue weighted by molar-refractivity contribution is 0.248. The number of para-hydroxylation sites is 1. The largest absolute Gasteiger partial charge is 0.497 e. The third-order valence-electron chi connectivity index (χ3n) is 6.91. The highest BCUT2D eigenvalue weighted by Crippen LogP contribution is 2.26. The summed E-state index contributed by atoms with van der Waals surface area (Å²) in [6.07, 6.45) is 2.45. The maximum Gasteiger partial charge on any atom is 0.316 e. The van der Waals surface area contributed by atoms with Crippen LogP contribution < -0.4 is 19.9 Å². The molecule has 2 heterocycles. The van der Waals surface area contributed by atoms with E-state index in [9.17, 15) is 4.79 Å². The van der Waals surface area contributed by atoms with Crippen molar-refractivity contribution in [1.29, 1.82) is 0 Å². The summed E-state index contributed by atoms with van der Waals surface area (Å²) in [6, 6.07) is 26.0. The zero-order valence-electron chi connectivity index (χ0n) is 22.0. The molecule has 4 aromatic rings. The van der Waals surface area contributed by atoms with E-state index >= 15 is 0 Å². The van der Waals surface area contributed by atoms with Crippen molar-refractivity contribution in [2.45, 2.75) is 19.9 Å². The normalized spacial score (nSPS) is 13.9. The van der Waals surface area contributed by atoms with Gasteiger partial charge in [-0.2, -0.15) is 9.78 Å². The van der Waals surface area contributed by atoms with Crippen LogP contribution in [0, 0.1) is 6.92 Å². The fourth-order valence-corrected chi connectivity index (χ4v) is 4.82. The van der Waals surface area contributed by atoms with E-state index in [1.165, 1.54) is 15.8 Å². The topological polar surface area (TPSA) is 59.8 Å². The van der Waals surface area contributed by atoms with Crippen LogP contribution in [-0.4, -0.2) is 54.6 Å². The van der Waals surface area contributed by atoms with Crippen LogP contribution >= 0.6 is 0 Å². The lowest BCUT2D eigenvalue weighted by Crippen LogP contribution is -2.46. The molecule has 0 spiro atoms. The fourth-order valence-electron chi connectivity index (χ4n) is 4.82. The van der Waals surface area contributed by atoms with Crippen LogP contribution in [0.3, 0.4) is 0 Å². The second-order valence-corrected chi connectivity index (χ2v) is 9.61. The maximum atomic E-state index is 13.6. The number of anilines is 1. The summed E-state index contributed by atoms with van der Waals surface area (Å²) in [4.78, 5) is 18.3. The summed E-state index contributed by atoms with van der Waals surface area (Å²) >= 11 is 0. The van der Waals surface area contributed by atoms with Gasteiger partial charge in [0, 0.05) is 39.1 Å². The van der Waals surface area contributed by atoms with Crippen LogP contribution in [0.25, 0.3) is 5.69 Å². The van der Waals surface area contributed by atoms with Crippen molar-refractivity contribution in [2.24, 2.45) is 0 Å². The van der Waals surface area contributed by atoms with Gasteiger partial charge in [0.05, 0.1) is 25.6 Å². The number of hydrogen-bond donors (Lipinski definition) is 0. The first-order chi connectivity index (χ1) is 18.6. The highest BCUT2D eigenvalue weighted by Gasteiger charge is 2.23. The number of hydrogen-bond acceptors (Lipinski definition) is 6. The molecule has 7 nitrogen and oxygen atoms in total. The van der Waals surface area contributed by atoms with Crippen molar-refractivity contribution in [1.82, 2.24) is 14.7 Å². The van der Waals surface area contributed by atoms with E-state index in [4.69, 9.17) is 9.47 Å². The van der Waals surface area contributed by atoms with Crippen molar-refractivity contribution >= 4 is 5.69 Å². The molecule has 0 bridgehead atoms. The Morgan fingerprint density at radius 1 is 0.868 bits per heavy atom. The number of aromatic nitrogens is 2. The van der Waals surface area contributed by atoms with Crippen LogP contribution in [0.2, 0.25) is 0 Å². The molecule has 5 rings (SSSR count). The van der Waals surface area contributed by atoms with Gasteiger partial charge >= 0.3 is 5.56 Å². The standard InChI is InChI=1S/C31H34N4O3/c1-24-7-6-8-26(21-24)23-33-16-18-34(19-17-33)29-22-32-35(27-9-4-3-5-10-27)31(36)30(29)38-20-15-25-11-13-28(37-2)14-12-25/h3-14,21-22H,15-20,23H2,1-2H3. The van der Waals surface area contributed by atoms with Crippen LogP contribution in [-0.2, 0) is 13.0 Å². The Bertz CT molecular complexity index is 1400. The van der Waals surface area contributed by atoms with Crippen LogP contribution in [0.4, 0.5) is 5.69 Å². The fraction of sp³-hybridized carbons (Fsp3) is 0.290. The van der Waals surface area contributed by atoms with Gasteiger partial charge in [0.2, 0.25) is 5.75 Å². The molecule has 0 radical (unpaired) electrons. The number of piperazine rings is 1. The van der Waals surface area contributed by atoms with Crippen LogP contribution in [0.15, 0.2) is 89.9 Å². The molecule has 3 aromatic carbocycles. The molecule has 0 aliphatic carbocycles. The number of rotatable bonds is 9. The van der Waals surface area contributed by atoms with Gasteiger partial charge in [0.1, 0.15) is 11.4 Å². The minimum atomic E-state index is -0.245. The third kappa shape index (κ3) is 6.06. The molecule has 0 unspecified atom stereocenters. The van der Waals surface area contributed by atoms with Gasteiger partial charge in [0.15, 0.2) is 0 Å². The number of methoxy groups -OCH3 is 1. The molecule has 7 heteroatoms. The van der Waals surface area contributed by atoms with Crippen LogP contribution in [0.5, 0.6) is 11.5 Å². The van der Waals surface area contributed by atoms with Gasteiger partial charge in [-0.25, -0.2) is 0 Å². The predicted octanol–water partition coefficient (Wildman–Crippen LogP) is 4.49. The second kappa shape index (κ2) is 12.0. The molecule has 196 valence electrons. The van der Waals surface area contributed by atoms with Gasteiger partial charge in [0.25, 0.3) is 0 Å². The van der Waals surface area contributed by atoms with Gasteiger partial charge < -0.3 is 14.4 Å². The number of ether oxygens (including phenoxy) is 2.